The van der Waals surface area contributed by atoms with Crippen LogP contribution in [0.2, 0.25) is 0 Å². The number of aliphatic hydroxyl groups is 1. The van der Waals surface area contributed by atoms with E-state index in [1.54, 1.807) is 0 Å². The molecule has 8 heteroatoms. The summed E-state index contributed by atoms with van der Waals surface area (Å²) in [5, 5.41) is 24.2. The summed E-state index contributed by atoms with van der Waals surface area (Å²) in [6.07, 6.45) is 0.695. The molecule has 0 saturated carbocycles. The third kappa shape index (κ3) is 7.44. The van der Waals surface area contributed by atoms with E-state index in [9.17, 15) is 14.4 Å². The third-order valence-electron chi connectivity index (χ3n) is 2.00. The quantitative estimate of drug-likeness (QED) is 0.369. The Hall–Kier alpha value is -1.83. The standard InChI is InChI=1S/C10H19N3O5/c1-2-4-11-8(15)6-12-10(18)13-7(3-5-14)9(16)17/h7,14H,2-6H2,1H3,(H,11,15)(H,16,17)(H2,12,13,18)/t7-/m1/s1. The second kappa shape index (κ2) is 9.23. The van der Waals surface area contributed by atoms with E-state index in [1.807, 2.05) is 6.92 Å². The first kappa shape index (κ1) is 16.2. The van der Waals surface area contributed by atoms with Crippen molar-refractivity contribution in [3.8, 4) is 0 Å². The molecule has 8 nitrogen and oxygen atoms in total. The molecule has 0 fully saturated rings. The zero-order valence-corrected chi connectivity index (χ0v) is 10.2. The minimum absolute atomic E-state index is 0.0925. The van der Waals surface area contributed by atoms with Gasteiger partial charge >= 0.3 is 12.0 Å². The summed E-state index contributed by atoms with van der Waals surface area (Å²) in [5.74, 6) is -1.59. The van der Waals surface area contributed by atoms with Crippen LogP contribution in [0.3, 0.4) is 0 Å². The third-order valence-corrected chi connectivity index (χ3v) is 2.00. The van der Waals surface area contributed by atoms with Crippen molar-refractivity contribution >= 4 is 17.9 Å². The lowest BCUT2D eigenvalue weighted by Crippen LogP contribution is -2.48. The van der Waals surface area contributed by atoms with Crippen molar-refractivity contribution in [3.05, 3.63) is 0 Å². The SMILES string of the molecule is CCCNC(=O)CNC(=O)N[C@H](CCO)C(=O)O. The fourth-order valence-corrected chi connectivity index (χ4v) is 1.08. The van der Waals surface area contributed by atoms with Crippen molar-refractivity contribution in [1.82, 2.24) is 16.0 Å². The molecule has 0 spiro atoms. The van der Waals surface area contributed by atoms with Crippen molar-refractivity contribution in [1.29, 1.82) is 0 Å². The van der Waals surface area contributed by atoms with Gasteiger partial charge in [0, 0.05) is 19.6 Å². The molecule has 0 aliphatic rings. The van der Waals surface area contributed by atoms with Crippen LogP contribution in [0.4, 0.5) is 4.79 Å². The molecule has 0 unspecified atom stereocenters. The second-order valence-electron chi connectivity index (χ2n) is 3.58. The number of nitrogens with one attached hydrogen (secondary N) is 3. The van der Waals surface area contributed by atoms with Crippen LogP contribution < -0.4 is 16.0 Å². The smallest absolute Gasteiger partial charge is 0.326 e. The van der Waals surface area contributed by atoms with Crippen LogP contribution in [0.5, 0.6) is 0 Å². The van der Waals surface area contributed by atoms with Crippen LogP contribution in [0, 0.1) is 0 Å². The molecule has 0 aromatic carbocycles. The number of carboxylic acid groups (broad SMARTS) is 1. The van der Waals surface area contributed by atoms with Crippen molar-refractivity contribution in [2.45, 2.75) is 25.8 Å². The minimum Gasteiger partial charge on any atom is -0.480 e. The molecule has 5 N–H and O–H groups in total. The maximum absolute atomic E-state index is 11.3. The number of rotatable bonds is 8. The number of carbonyl (C=O) groups is 3. The van der Waals surface area contributed by atoms with Crippen molar-refractivity contribution in [3.63, 3.8) is 0 Å². The van der Waals surface area contributed by atoms with Crippen molar-refractivity contribution < 1.29 is 24.6 Å². The Morgan fingerprint density at radius 2 is 1.89 bits per heavy atom. The zero-order chi connectivity index (χ0) is 14.0. The van der Waals surface area contributed by atoms with Gasteiger partial charge in [0.2, 0.25) is 5.91 Å². The van der Waals surface area contributed by atoms with Gasteiger partial charge in [0.15, 0.2) is 0 Å². The summed E-state index contributed by atoms with van der Waals surface area (Å²) in [4.78, 5) is 33.1. The Morgan fingerprint density at radius 3 is 2.39 bits per heavy atom. The summed E-state index contributed by atoms with van der Waals surface area (Å²) in [5.41, 5.74) is 0. The Bertz CT molecular complexity index is 295. The highest BCUT2D eigenvalue weighted by Gasteiger charge is 2.19. The Morgan fingerprint density at radius 1 is 1.22 bits per heavy atom. The van der Waals surface area contributed by atoms with E-state index < -0.39 is 18.0 Å². The van der Waals surface area contributed by atoms with Gasteiger partial charge in [-0.25, -0.2) is 9.59 Å². The minimum atomic E-state index is -1.24. The van der Waals surface area contributed by atoms with Crippen molar-refractivity contribution in [2.24, 2.45) is 0 Å². The van der Waals surface area contributed by atoms with Gasteiger partial charge in [-0.1, -0.05) is 6.92 Å². The van der Waals surface area contributed by atoms with Crippen LogP contribution in [0.25, 0.3) is 0 Å². The van der Waals surface area contributed by atoms with E-state index in [0.717, 1.165) is 6.42 Å². The largest absolute Gasteiger partial charge is 0.480 e. The van der Waals surface area contributed by atoms with Crippen LogP contribution in [-0.2, 0) is 9.59 Å². The molecule has 0 bridgehead atoms. The van der Waals surface area contributed by atoms with E-state index in [-0.39, 0.29) is 25.5 Å². The lowest BCUT2D eigenvalue weighted by molar-refractivity contribution is -0.139. The van der Waals surface area contributed by atoms with Crippen molar-refractivity contribution in [2.75, 3.05) is 19.7 Å². The van der Waals surface area contributed by atoms with Gasteiger partial charge in [-0.15, -0.1) is 0 Å². The number of hydrogen-bond donors (Lipinski definition) is 5. The molecule has 0 heterocycles. The highest BCUT2D eigenvalue weighted by molar-refractivity contribution is 5.86. The number of aliphatic hydroxyl groups excluding tert-OH is 1. The number of carboxylic acids is 1. The van der Waals surface area contributed by atoms with Gasteiger partial charge in [-0.2, -0.15) is 0 Å². The zero-order valence-electron chi connectivity index (χ0n) is 10.2. The molecular weight excluding hydrogens is 242 g/mol. The first-order valence-corrected chi connectivity index (χ1v) is 5.66. The summed E-state index contributed by atoms with van der Waals surface area (Å²) < 4.78 is 0. The highest BCUT2D eigenvalue weighted by Crippen LogP contribution is 1.90. The van der Waals surface area contributed by atoms with E-state index in [4.69, 9.17) is 10.2 Å². The van der Waals surface area contributed by atoms with Gasteiger partial charge < -0.3 is 26.2 Å². The fourth-order valence-electron chi connectivity index (χ4n) is 1.08. The average molecular weight is 261 g/mol. The molecule has 0 aromatic rings. The summed E-state index contributed by atoms with van der Waals surface area (Å²) in [6, 6.07) is -1.93. The molecular formula is C10H19N3O5. The van der Waals surface area contributed by atoms with Gasteiger partial charge in [0.25, 0.3) is 0 Å². The molecule has 0 aliphatic heterocycles. The van der Waals surface area contributed by atoms with E-state index in [2.05, 4.69) is 16.0 Å². The van der Waals surface area contributed by atoms with Crippen LogP contribution in [0.1, 0.15) is 19.8 Å². The number of urea groups is 1. The first-order valence-electron chi connectivity index (χ1n) is 5.66. The lowest BCUT2D eigenvalue weighted by Gasteiger charge is -2.13. The molecule has 0 rings (SSSR count). The van der Waals surface area contributed by atoms with Gasteiger partial charge in [0.1, 0.15) is 6.04 Å². The lowest BCUT2D eigenvalue weighted by atomic mass is 10.2. The predicted molar refractivity (Wildman–Crippen MR) is 63.0 cm³/mol. The summed E-state index contributed by atoms with van der Waals surface area (Å²) >= 11 is 0. The first-order chi connectivity index (χ1) is 8.51. The summed E-state index contributed by atoms with van der Waals surface area (Å²) in [7, 11) is 0. The van der Waals surface area contributed by atoms with Gasteiger partial charge in [-0.05, 0) is 6.42 Å². The van der Waals surface area contributed by atoms with Crippen LogP contribution >= 0.6 is 0 Å². The number of hydrogen-bond acceptors (Lipinski definition) is 4. The van der Waals surface area contributed by atoms with E-state index >= 15 is 0 Å². The van der Waals surface area contributed by atoms with Crippen LogP contribution in [-0.4, -0.2) is 53.9 Å². The molecule has 1 atom stereocenters. The topological polar surface area (TPSA) is 128 Å². The van der Waals surface area contributed by atoms with Gasteiger partial charge in [0.05, 0.1) is 6.54 Å². The Balaban J connectivity index is 3.94. The molecule has 0 radical (unpaired) electrons. The Kier molecular flexibility index (Phi) is 8.29. The van der Waals surface area contributed by atoms with E-state index in [0.29, 0.717) is 6.54 Å². The Labute approximate surface area is 105 Å². The number of carbonyl (C=O) groups excluding carboxylic acids is 2. The molecule has 18 heavy (non-hydrogen) atoms. The molecule has 3 amide bonds. The average Bonchev–Trinajstić information content (AvgIpc) is 2.33. The normalized spacial score (nSPS) is 11.4. The van der Waals surface area contributed by atoms with Gasteiger partial charge in [-0.3, -0.25) is 4.79 Å². The highest BCUT2D eigenvalue weighted by atomic mass is 16.4. The molecule has 0 aromatic heterocycles. The molecule has 0 saturated heterocycles. The van der Waals surface area contributed by atoms with Crippen LogP contribution in [0.15, 0.2) is 0 Å². The molecule has 0 aliphatic carbocycles. The second-order valence-corrected chi connectivity index (χ2v) is 3.58. The van der Waals surface area contributed by atoms with E-state index in [1.165, 1.54) is 0 Å². The monoisotopic (exact) mass is 261 g/mol. The molecule has 104 valence electrons. The maximum atomic E-state index is 11.3. The summed E-state index contributed by atoms with van der Waals surface area (Å²) in [6.45, 7) is 1.84. The number of aliphatic carboxylic acids is 1. The maximum Gasteiger partial charge on any atom is 0.326 e. The number of amides is 3. The fraction of sp³-hybridized carbons (Fsp3) is 0.700. The predicted octanol–water partition coefficient (Wildman–Crippen LogP) is -1.35.